The van der Waals surface area contributed by atoms with E-state index in [1.165, 1.54) is 5.56 Å². The highest BCUT2D eigenvalue weighted by Gasteiger charge is 2.06. The average Bonchev–Trinajstić information content (AvgIpc) is 2.54. The van der Waals surface area contributed by atoms with E-state index in [1.54, 1.807) is 0 Å². The molecule has 0 aliphatic carbocycles. The van der Waals surface area contributed by atoms with Crippen molar-refractivity contribution >= 4 is 11.6 Å². The topological polar surface area (TPSA) is 41.1 Å². The van der Waals surface area contributed by atoms with Crippen molar-refractivity contribution in [1.29, 1.82) is 0 Å². The lowest BCUT2D eigenvalue weighted by Crippen LogP contribution is -2.25. The summed E-state index contributed by atoms with van der Waals surface area (Å²) in [5.74, 6) is 0.536. The van der Waals surface area contributed by atoms with Crippen molar-refractivity contribution < 1.29 is 4.79 Å². The van der Waals surface area contributed by atoms with Crippen molar-refractivity contribution in [1.82, 2.24) is 5.32 Å². The molecule has 0 aliphatic rings. The predicted octanol–water partition coefficient (Wildman–Crippen LogP) is 3.93. The van der Waals surface area contributed by atoms with Gasteiger partial charge in [-0.15, -0.1) is 0 Å². The molecule has 3 heteroatoms. The third-order valence-electron chi connectivity index (χ3n) is 3.58. The minimum Gasteiger partial charge on any atom is -0.384 e. The van der Waals surface area contributed by atoms with Gasteiger partial charge < -0.3 is 10.6 Å². The molecule has 116 valence electrons. The Bertz CT molecular complexity index is 593. The zero-order valence-electron chi connectivity index (χ0n) is 13.3. The predicted molar refractivity (Wildman–Crippen MR) is 91.9 cm³/mol. The van der Waals surface area contributed by atoms with Crippen LogP contribution in [-0.4, -0.2) is 12.5 Å². The maximum Gasteiger partial charge on any atom is 0.222 e. The molecule has 0 radical (unpaired) electrons. The SMILES string of the molecule is CC(C)c1ccccc1NCCC(=O)NCc1ccccc1. The first-order valence-corrected chi connectivity index (χ1v) is 7.80. The summed E-state index contributed by atoms with van der Waals surface area (Å²) >= 11 is 0. The lowest BCUT2D eigenvalue weighted by Gasteiger charge is -2.14. The van der Waals surface area contributed by atoms with Crippen molar-refractivity contribution in [2.24, 2.45) is 0 Å². The second-order valence-electron chi connectivity index (χ2n) is 5.68. The van der Waals surface area contributed by atoms with Gasteiger partial charge in [-0.1, -0.05) is 62.4 Å². The van der Waals surface area contributed by atoms with Crippen molar-refractivity contribution in [3.63, 3.8) is 0 Å². The van der Waals surface area contributed by atoms with E-state index in [0.717, 1.165) is 11.3 Å². The normalized spacial score (nSPS) is 10.5. The van der Waals surface area contributed by atoms with Crippen molar-refractivity contribution in [3.8, 4) is 0 Å². The maximum atomic E-state index is 11.9. The van der Waals surface area contributed by atoms with E-state index in [-0.39, 0.29) is 5.91 Å². The van der Waals surface area contributed by atoms with Crippen LogP contribution in [0.15, 0.2) is 54.6 Å². The van der Waals surface area contributed by atoms with E-state index < -0.39 is 0 Å². The second-order valence-corrected chi connectivity index (χ2v) is 5.68. The molecule has 0 aromatic heterocycles. The summed E-state index contributed by atoms with van der Waals surface area (Å²) in [6.07, 6.45) is 0.471. The molecule has 0 saturated heterocycles. The Morgan fingerprint density at radius 3 is 2.41 bits per heavy atom. The zero-order valence-corrected chi connectivity index (χ0v) is 13.3. The Morgan fingerprint density at radius 1 is 1.00 bits per heavy atom. The summed E-state index contributed by atoms with van der Waals surface area (Å²) in [4.78, 5) is 11.9. The first kappa shape index (κ1) is 16.1. The molecule has 0 atom stereocenters. The number of carbonyl (C=O) groups is 1. The number of hydrogen-bond donors (Lipinski definition) is 2. The van der Waals surface area contributed by atoms with Gasteiger partial charge in [-0.05, 0) is 23.1 Å². The number of benzene rings is 2. The van der Waals surface area contributed by atoms with Crippen LogP contribution in [-0.2, 0) is 11.3 Å². The van der Waals surface area contributed by atoms with Crippen molar-refractivity contribution in [2.75, 3.05) is 11.9 Å². The number of nitrogens with one attached hydrogen (secondary N) is 2. The molecule has 0 saturated carbocycles. The molecule has 0 fully saturated rings. The van der Waals surface area contributed by atoms with Crippen LogP contribution in [0.1, 0.15) is 37.3 Å². The van der Waals surface area contributed by atoms with Crippen LogP contribution >= 0.6 is 0 Å². The molecule has 0 spiro atoms. The molecule has 0 heterocycles. The fourth-order valence-corrected chi connectivity index (χ4v) is 2.36. The highest BCUT2D eigenvalue weighted by Crippen LogP contribution is 2.23. The van der Waals surface area contributed by atoms with Crippen LogP contribution in [0.3, 0.4) is 0 Å². The van der Waals surface area contributed by atoms with Gasteiger partial charge in [-0.25, -0.2) is 0 Å². The van der Waals surface area contributed by atoms with E-state index in [2.05, 4.69) is 36.6 Å². The van der Waals surface area contributed by atoms with E-state index in [0.29, 0.717) is 25.4 Å². The zero-order chi connectivity index (χ0) is 15.8. The van der Waals surface area contributed by atoms with Crippen LogP contribution < -0.4 is 10.6 Å². The quantitative estimate of drug-likeness (QED) is 0.813. The van der Waals surface area contributed by atoms with Gasteiger partial charge in [0, 0.05) is 25.2 Å². The molecule has 2 N–H and O–H groups in total. The number of rotatable bonds is 7. The molecular weight excluding hydrogens is 272 g/mol. The Labute approximate surface area is 132 Å². The number of anilines is 1. The highest BCUT2D eigenvalue weighted by atomic mass is 16.1. The first-order chi connectivity index (χ1) is 10.7. The fourth-order valence-electron chi connectivity index (χ4n) is 2.36. The van der Waals surface area contributed by atoms with Gasteiger partial charge >= 0.3 is 0 Å². The van der Waals surface area contributed by atoms with E-state index in [4.69, 9.17) is 0 Å². The molecule has 2 rings (SSSR count). The molecular formula is C19H24N2O. The van der Waals surface area contributed by atoms with Crippen LogP contribution in [0.25, 0.3) is 0 Å². The minimum absolute atomic E-state index is 0.0679. The lowest BCUT2D eigenvalue weighted by molar-refractivity contribution is -0.121. The van der Waals surface area contributed by atoms with Gasteiger partial charge in [0.2, 0.25) is 5.91 Å². The lowest BCUT2D eigenvalue weighted by atomic mass is 10.0. The number of carbonyl (C=O) groups excluding carboxylic acids is 1. The van der Waals surface area contributed by atoms with Gasteiger partial charge in [-0.3, -0.25) is 4.79 Å². The summed E-state index contributed by atoms with van der Waals surface area (Å²) in [5, 5.41) is 6.31. The number of hydrogen-bond acceptors (Lipinski definition) is 2. The Kier molecular flexibility index (Phi) is 6.01. The summed E-state index contributed by atoms with van der Waals surface area (Å²) in [5.41, 5.74) is 3.52. The molecule has 0 unspecified atom stereocenters. The highest BCUT2D eigenvalue weighted by molar-refractivity contribution is 5.76. The van der Waals surface area contributed by atoms with Crippen molar-refractivity contribution in [3.05, 3.63) is 65.7 Å². The number of amides is 1. The molecule has 3 nitrogen and oxygen atoms in total. The van der Waals surface area contributed by atoms with E-state index in [9.17, 15) is 4.79 Å². The van der Waals surface area contributed by atoms with Gasteiger partial charge in [0.1, 0.15) is 0 Å². The molecule has 2 aromatic carbocycles. The van der Waals surface area contributed by atoms with Gasteiger partial charge in [-0.2, -0.15) is 0 Å². The second kappa shape index (κ2) is 8.23. The Morgan fingerprint density at radius 2 is 1.68 bits per heavy atom. The van der Waals surface area contributed by atoms with Crippen LogP contribution in [0, 0.1) is 0 Å². The molecule has 0 aliphatic heterocycles. The van der Waals surface area contributed by atoms with Gasteiger partial charge in [0.15, 0.2) is 0 Å². The van der Waals surface area contributed by atoms with Gasteiger partial charge in [0.05, 0.1) is 0 Å². The molecule has 22 heavy (non-hydrogen) atoms. The largest absolute Gasteiger partial charge is 0.384 e. The fraction of sp³-hybridized carbons (Fsp3) is 0.316. The molecule has 0 bridgehead atoms. The summed E-state index contributed by atoms with van der Waals surface area (Å²) < 4.78 is 0. The Balaban J connectivity index is 1.75. The van der Waals surface area contributed by atoms with E-state index in [1.807, 2.05) is 42.5 Å². The maximum absolute atomic E-state index is 11.9. The standard InChI is InChI=1S/C19H24N2O/c1-15(2)17-10-6-7-11-18(17)20-13-12-19(22)21-14-16-8-4-3-5-9-16/h3-11,15,20H,12-14H2,1-2H3,(H,21,22). The smallest absolute Gasteiger partial charge is 0.222 e. The third kappa shape index (κ3) is 4.92. The van der Waals surface area contributed by atoms with Gasteiger partial charge in [0.25, 0.3) is 0 Å². The third-order valence-corrected chi connectivity index (χ3v) is 3.58. The molecule has 1 amide bonds. The summed E-state index contributed by atoms with van der Waals surface area (Å²) in [6.45, 7) is 5.58. The first-order valence-electron chi connectivity index (χ1n) is 7.80. The van der Waals surface area contributed by atoms with Crippen LogP contribution in [0.5, 0.6) is 0 Å². The molecule has 2 aromatic rings. The van der Waals surface area contributed by atoms with E-state index >= 15 is 0 Å². The van der Waals surface area contributed by atoms with Crippen LogP contribution in [0.2, 0.25) is 0 Å². The number of para-hydroxylation sites is 1. The minimum atomic E-state index is 0.0679. The van der Waals surface area contributed by atoms with Crippen LogP contribution in [0.4, 0.5) is 5.69 Å². The summed E-state index contributed by atoms with van der Waals surface area (Å²) in [7, 11) is 0. The van der Waals surface area contributed by atoms with Crippen molar-refractivity contribution in [2.45, 2.75) is 32.7 Å². The summed E-state index contributed by atoms with van der Waals surface area (Å²) in [6, 6.07) is 18.2. The Hall–Kier alpha value is -2.29. The monoisotopic (exact) mass is 296 g/mol. The average molecular weight is 296 g/mol.